The van der Waals surface area contributed by atoms with E-state index in [0.29, 0.717) is 32.0 Å². The number of ether oxygens (including phenoxy) is 1. The zero-order valence-corrected chi connectivity index (χ0v) is 21.8. The fourth-order valence-electron chi connectivity index (χ4n) is 5.49. The lowest BCUT2D eigenvalue weighted by Gasteiger charge is -2.32. The Morgan fingerprint density at radius 2 is 1.61 bits per heavy atom. The smallest absolute Gasteiger partial charge is 0.269 e. The topological polar surface area (TPSA) is 75.9 Å². The van der Waals surface area contributed by atoms with Crippen molar-refractivity contribution in [2.24, 2.45) is 5.92 Å². The number of fused-ring (bicyclic) bond motifs is 1. The quantitative estimate of drug-likeness (QED) is 0.203. The Balaban J connectivity index is 1.13. The third-order valence-corrected chi connectivity index (χ3v) is 7.73. The van der Waals surface area contributed by atoms with Gasteiger partial charge in [-0.2, -0.15) is 0 Å². The number of hydrogen-bond donors (Lipinski definition) is 0. The number of nitro groups is 1. The second-order valence-corrected chi connectivity index (χ2v) is 10.5. The molecule has 198 valence electrons. The third kappa shape index (κ3) is 6.85. The highest BCUT2D eigenvalue weighted by Gasteiger charge is 2.22. The Kier molecular flexibility index (Phi) is 8.46. The van der Waals surface area contributed by atoms with Crippen LogP contribution in [0.5, 0.6) is 5.75 Å². The van der Waals surface area contributed by atoms with Gasteiger partial charge in [0.25, 0.3) is 5.69 Å². The van der Waals surface area contributed by atoms with E-state index < -0.39 is 0 Å². The van der Waals surface area contributed by atoms with Gasteiger partial charge in [-0.05, 0) is 67.6 Å². The standard InChI is InChI=1S/C31H35N3O4/c35-30(12-8-24-14-16-32(17-15-24)21-25-4-2-1-3-5-25)27-9-13-31-28(20-27)23-33(18-19-38-31)22-26-6-10-29(11-7-26)34(36)37/h1-7,9-11,13,20,24H,8,12,14-19,21-23H2. The van der Waals surface area contributed by atoms with Crippen molar-refractivity contribution in [1.82, 2.24) is 9.80 Å². The van der Waals surface area contributed by atoms with Crippen LogP contribution in [0.25, 0.3) is 0 Å². The van der Waals surface area contributed by atoms with Crippen LogP contribution in [0.3, 0.4) is 0 Å². The highest BCUT2D eigenvalue weighted by Crippen LogP contribution is 2.28. The van der Waals surface area contributed by atoms with Crippen molar-refractivity contribution >= 4 is 11.5 Å². The number of carbonyl (C=O) groups is 1. The monoisotopic (exact) mass is 513 g/mol. The maximum Gasteiger partial charge on any atom is 0.269 e. The Bertz CT molecular complexity index is 1240. The van der Waals surface area contributed by atoms with Gasteiger partial charge in [0.05, 0.1) is 4.92 Å². The first-order valence-corrected chi connectivity index (χ1v) is 13.5. The maximum atomic E-state index is 13.1. The molecule has 0 spiro atoms. The van der Waals surface area contributed by atoms with E-state index in [4.69, 9.17) is 4.74 Å². The molecule has 2 aliphatic heterocycles. The van der Waals surface area contributed by atoms with Crippen LogP contribution in [-0.2, 0) is 19.6 Å². The van der Waals surface area contributed by atoms with E-state index in [1.807, 2.05) is 18.2 Å². The van der Waals surface area contributed by atoms with Crippen molar-refractivity contribution in [2.75, 3.05) is 26.2 Å². The van der Waals surface area contributed by atoms with Crippen LogP contribution < -0.4 is 4.74 Å². The first-order chi connectivity index (χ1) is 18.5. The van der Waals surface area contributed by atoms with Crippen molar-refractivity contribution in [1.29, 1.82) is 0 Å². The lowest BCUT2D eigenvalue weighted by atomic mass is 9.90. The fourth-order valence-corrected chi connectivity index (χ4v) is 5.49. The summed E-state index contributed by atoms with van der Waals surface area (Å²) in [5, 5.41) is 10.9. The number of non-ortho nitro benzene ring substituents is 1. The minimum absolute atomic E-state index is 0.0965. The first kappa shape index (κ1) is 26.1. The van der Waals surface area contributed by atoms with Crippen LogP contribution in [0.4, 0.5) is 5.69 Å². The molecular formula is C31H35N3O4. The van der Waals surface area contributed by atoms with Crippen molar-refractivity contribution in [3.8, 4) is 5.75 Å². The molecule has 0 bridgehead atoms. The average molecular weight is 514 g/mol. The highest BCUT2D eigenvalue weighted by atomic mass is 16.6. The van der Waals surface area contributed by atoms with E-state index in [0.717, 1.165) is 67.9 Å². The lowest BCUT2D eigenvalue weighted by Crippen LogP contribution is -2.33. The number of nitrogens with zero attached hydrogens (tertiary/aromatic N) is 3. The molecule has 0 radical (unpaired) electrons. The predicted molar refractivity (Wildman–Crippen MR) is 147 cm³/mol. The van der Waals surface area contributed by atoms with Gasteiger partial charge >= 0.3 is 0 Å². The first-order valence-electron chi connectivity index (χ1n) is 13.5. The van der Waals surface area contributed by atoms with Crippen LogP contribution in [0.15, 0.2) is 72.8 Å². The molecule has 0 N–H and O–H groups in total. The van der Waals surface area contributed by atoms with Crippen LogP contribution >= 0.6 is 0 Å². The summed E-state index contributed by atoms with van der Waals surface area (Å²) in [6.45, 7) is 5.84. The van der Waals surface area contributed by atoms with E-state index in [1.54, 1.807) is 24.3 Å². The third-order valence-electron chi connectivity index (χ3n) is 7.73. The number of piperidine rings is 1. The summed E-state index contributed by atoms with van der Waals surface area (Å²) in [7, 11) is 0. The highest BCUT2D eigenvalue weighted by molar-refractivity contribution is 5.96. The minimum atomic E-state index is -0.382. The Hall–Kier alpha value is -3.55. The number of carbonyl (C=O) groups excluding carboxylic acids is 1. The van der Waals surface area contributed by atoms with Crippen molar-refractivity contribution in [3.05, 3.63) is 105 Å². The number of rotatable bonds is 9. The molecule has 0 saturated carbocycles. The second kappa shape index (κ2) is 12.3. The van der Waals surface area contributed by atoms with Gasteiger partial charge in [-0.3, -0.25) is 24.7 Å². The largest absolute Gasteiger partial charge is 0.492 e. The van der Waals surface area contributed by atoms with Gasteiger partial charge in [0, 0.05) is 55.9 Å². The van der Waals surface area contributed by atoms with E-state index >= 15 is 0 Å². The van der Waals surface area contributed by atoms with Crippen LogP contribution in [0.2, 0.25) is 0 Å². The predicted octanol–water partition coefficient (Wildman–Crippen LogP) is 5.86. The summed E-state index contributed by atoms with van der Waals surface area (Å²) in [6, 6.07) is 23.1. The second-order valence-electron chi connectivity index (χ2n) is 10.5. The summed E-state index contributed by atoms with van der Waals surface area (Å²) in [4.78, 5) is 28.4. The molecule has 0 unspecified atom stereocenters. The molecular weight excluding hydrogens is 478 g/mol. The van der Waals surface area contributed by atoms with Crippen LogP contribution in [0, 0.1) is 16.0 Å². The molecule has 0 aromatic heterocycles. The summed E-state index contributed by atoms with van der Waals surface area (Å²) in [5.41, 5.74) is 4.25. The molecule has 1 fully saturated rings. The number of ketones is 1. The number of hydrogen-bond acceptors (Lipinski definition) is 6. The maximum absolute atomic E-state index is 13.1. The normalized spacial score (nSPS) is 16.8. The molecule has 7 heteroatoms. The van der Waals surface area contributed by atoms with Gasteiger partial charge in [0.1, 0.15) is 12.4 Å². The van der Waals surface area contributed by atoms with Gasteiger partial charge in [-0.25, -0.2) is 0 Å². The van der Waals surface area contributed by atoms with Crippen LogP contribution in [-0.4, -0.2) is 46.7 Å². The number of likely N-dealkylation sites (tertiary alicyclic amines) is 1. The Morgan fingerprint density at radius 3 is 2.34 bits per heavy atom. The Labute approximate surface area is 224 Å². The van der Waals surface area contributed by atoms with Gasteiger partial charge < -0.3 is 4.74 Å². The molecule has 2 heterocycles. The van der Waals surface area contributed by atoms with Gasteiger partial charge in [-0.1, -0.05) is 42.5 Å². The molecule has 1 saturated heterocycles. The van der Waals surface area contributed by atoms with Crippen LogP contribution in [0.1, 0.15) is 52.7 Å². The molecule has 0 amide bonds. The van der Waals surface area contributed by atoms with Gasteiger partial charge in [0.15, 0.2) is 5.78 Å². The molecule has 0 atom stereocenters. The molecule has 5 rings (SSSR count). The molecule has 3 aromatic carbocycles. The SMILES string of the molecule is O=C(CCC1CCN(Cc2ccccc2)CC1)c1ccc2c(c1)CN(Cc1ccc([N+](=O)[O-])cc1)CCO2. The van der Waals surface area contributed by atoms with Gasteiger partial charge in [0.2, 0.25) is 0 Å². The van der Waals surface area contributed by atoms with E-state index in [-0.39, 0.29) is 16.4 Å². The minimum Gasteiger partial charge on any atom is -0.492 e. The van der Waals surface area contributed by atoms with E-state index in [2.05, 4.69) is 40.1 Å². The summed E-state index contributed by atoms with van der Waals surface area (Å²) in [5.74, 6) is 1.64. The van der Waals surface area contributed by atoms with Crippen molar-refractivity contribution < 1.29 is 14.5 Å². The molecule has 2 aliphatic rings. The molecule has 7 nitrogen and oxygen atoms in total. The zero-order valence-electron chi connectivity index (χ0n) is 21.8. The number of nitro benzene ring substituents is 1. The molecule has 0 aliphatic carbocycles. The van der Waals surface area contributed by atoms with Gasteiger partial charge in [-0.15, -0.1) is 0 Å². The lowest BCUT2D eigenvalue weighted by molar-refractivity contribution is -0.384. The summed E-state index contributed by atoms with van der Waals surface area (Å²) in [6.07, 6.45) is 3.82. The fraction of sp³-hybridized carbons (Fsp3) is 0.387. The number of Topliss-reactive ketones (excluding diaryl/α,β-unsaturated/α-hetero) is 1. The zero-order chi connectivity index (χ0) is 26.3. The molecule has 38 heavy (non-hydrogen) atoms. The van der Waals surface area contributed by atoms with Crippen molar-refractivity contribution in [2.45, 2.75) is 45.3 Å². The van der Waals surface area contributed by atoms with Crippen molar-refractivity contribution in [3.63, 3.8) is 0 Å². The molecule has 3 aromatic rings. The average Bonchev–Trinajstić information content (AvgIpc) is 3.14. The summed E-state index contributed by atoms with van der Waals surface area (Å²) < 4.78 is 5.96. The number of benzene rings is 3. The summed E-state index contributed by atoms with van der Waals surface area (Å²) >= 11 is 0. The Morgan fingerprint density at radius 1 is 0.895 bits per heavy atom. The van der Waals surface area contributed by atoms with E-state index in [1.165, 1.54) is 5.56 Å². The van der Waals surface area contributed by atoms with E-state index in [9.17, 15) is 14.9 Å².